The molecule has 0 radical (unpaired) electrons. The lowest BCUT2D eigenvalue weighted by atomic mass is 10.0. The molecule has 6 nitrogen and oxygen atoms in total. The molecule has 3 heterocycles. The maximum atomic E-state index is 12.8. The lowest BCUT2D eigenvalue weighted by molar-refractivity contribution is 0.0796. The predicted molar refractivity (Wildman–Crippen MR) is 122 cm³/mol. The van der Waals surface area contributed by atoms with Gasteiger partial charge in [0.2, 0.25) is 5.13 Å². The fraction of sp³-hybridized carbons (Fsp3) is 0.409. The van der Waals surface area contributed by atoms with Crippen molar-refractivity contribution in [2.75, 3.05) is 20.2 Å². The topological polar surface area (TPSA) is 60.2 Å². The highest BCUT2D eigenvalue weighted by Crippen LogP contribution is 2.28. The number of carbonyl (C=O) groups excluding carboxylic acids is 1. The van der Waals surface area contributed by atoms with Crippen LogP contribution in [0.4, 0.5) is 0 Å². The van der Waals surface area contributed by atoms with Crippen LogP contribution in [0.3, 0.4) is 0 Å². The van der Waals surface area contributed by atoms with Gasteiger partial charge in [0.1, 0.15) is 10.6 Å². The largest absolute Gasteiger partial charge is 0.497 e. The summed E-state index contributed by atoms with van der Waals surface area (Å²) in [5, 5.41) is 5.49. The van der Waals surface area contributed by atoms with Gasteiger partial charge in [-0.3, -0.25) is 4.79 Å². The van der Waals surface area contributed by atoms with E-state index < -0.39 is 0 Å². The second-order valence-corrected chi connectivity index (χ2v) is 8.47. The highest BCUT2D eigenvalue weighted by atomic mass is 35.5. The van der Waals surface area contributed by atoms with E-state index in [0.717, 1.165) is 65.2 Å². The lowest BCUT2D eigenvalue weighted by Crippen LogP contribution is -2.27. The zero-order valence-electron chi connectivity index (χ0n) is 17.8. The summed E-state index contributed by atoms with van der Waals surface area (Å²) in [6.45, 7) is 7.69. The Hall–Kier alpha value is -2.38. The number of benzene rings is 1. The Bertz CT molecular complexity index is 1040. The van der Waals surface area contributed by atoms with Gasteiger partial charge in [-0.2, -0.15) is 5.10 Å². The van der Waals surface area contributed by atoms with Gasteiger partial charge in [0.05, 0.1) is 18.5 Å². The van der Waals surface area contributed by atoms with Crippen LogP contribution >= 0.6 is 23.7 Å². The molecule has 3 aromatic rings. The van der Waals surface area contributed by atoms with Crippen molar-refractivity contribution in [3.05, 3.63) is 57.4 Å². The summed E-state index contributed by atoms with van der Waals surface area (Å²) in [5.41, 5.74) is 5.23. The fourth-order valence-electron chi connectivity index (χ4n) is 3.80. The van der Waals surface area contributed by atoms with Crippen molar-refractivity contribution < 1.29 is 9.53 Å². The molecule has 2 aromatic heterocycles. The van der Waals surface area contributed by atoms with Gasteiger partial charge in [-0.1, -0.05) is 23.5 Å². The minimum atomic E-state index is 0. The second kappa shape index (κ2) is 9.18. The number of hydrogen-bond donors (Lipinski definition) is 0. The number of ether oxygens (including phenoxy) is 1. The summed E-state index contributed by atoms with van der Waals surface area (Å²) in [5.74, 6) is 0.954. The van der Waals surface area contributed by atoms with Crippen molar-refractivity contribution in [1.82, 2.24) is 19.7 Å². The minimum absolute atomic E-state index is 0. The number of amides is 1. The molecule has 0 saturated carbocycles. The molecule has 4 rings (SSSR count). The van der Waals surface area contributed by atoms with Gasteiger partial charge >= 0.3 is 0 Å². The first-order valence-electron chi connectivity index (χ1n) is 9.93. The monoisotopic (exact) mass is 446 g/mol. The van der Waals surface area contributed by atoms with Gasteiger partial charge in [-0.25, -0.2) is 9.67 Å². The summed E-state index contributed by atoms with van der Waals surface area (Å²) in [7, 11) is 1.67. The molecule has 1 saturated heterocycles. The molecule has 0 N–H and O–H groups in total. The van der Waals surface area contributed by atoms with Crippen LogP contribution in [0.25, 0.3) is 5.13 Å². The van der Waals surface area contributed by atoms with Crippen molar-refractivity contribution in [3.63, 3.8) is 0 Å². The normalized spacial score (nSPS) is 13.4. The smallest absolute Gasteiger partial charge is 0.265 e. The number of thiazole rings is 1. The number of likely N-dealkylation sites (tertiary alicyclic amines) is 1. The maximum Gasteiger partial charge on any atom is 0.265 e. The van der Waals surface area contributed by atoms with Crippen LogP contribution in [0.2, 0.25) is 0 Å². The molecular weight excluding hydrogens is 420 g/mol. The number of methoxy groups -OCH3 is 1. The standard InChI is InChI=1S/C22H26N4O2S.ClH/c1-14-19(13-17-7-9-18(28-4)10-8-17)16(3)26(24-14)22-23-15(2)20(29-22)21(27)25-11-5-6-12-25;/h7-10H,5-6,11-13H2,1-4H3;1H. The molecule has 1 aromatic carbocycles. The molecule has 30 heavy (non-hydrogen) atoms. The molecule has 0 atom stereocenters. The van der Waals surface area contributed by atoms with Crippen molar-refractivity contribution in [2.24, 2.45) is 0 Å². The van der Waals surface area contributed by atoms with Gasteiger partial charge in [0.25, 0.3) is 5.91 Å². The summed E-state index contributed by atoms with van der Waals surface area (Å²) < 4.78 is 7.13. The van der Waals surface area contributed by atoms with E-state index in [0.29, 0.717) is 0 Å². The zero-order chi connectivity index (χ0) is 20.5. The molecule has 0 unspecified atom stereocenters. The summed E-state index contributed by atoms with van der Waals surface area (Å²) in [4.78, 5) is 20.2. The van der Waals surface area contributed by atoms with E-state index in [1.807, 2.05) is 35.6 Å². The second-order valence-electron chi connectivity index (χ2n) is 7.50. The van der Waals surface area contributed by atoms with E-state index in [1.54, 1.807) is 7.11 Å². The van der Waals surface area contributed by atoms with Crippen LogP contribution in [0.15, 0.2) is 24.3 Å². The first-order chi connectivity index (χ1) is 14.0. The Morgan fingerprint density at radius 2 is 1.77 bits per heavy atom. The average Bonchev–Trinajstić information content (AvgIpc) is 3.44. The Morgan fingerprint density at radius 1 is 1.10 bits per heavy atom. The third-order valence-corrected chi connectivity index (χ3v) is 6.66. The Morgan fingerprint density at radius 3 is 2.40 bits per heavy atom. The van der Waals surface area contributed by atoms with Crippen LogP contribution in [-0.2, 0) is 6.42 Å². The van der Waals surface area contributed by atoms with Crippen molar-refractivity contribution >= 4 is 29.7 Å². The van der Waals surface area contributed by atoms with Crippen LogP contribution in [0.1, 0.15) is 50.7 Å². The van der Waals surface area contributed by atoms with Crippen LogP contribution in [0.5, 0.6) is 5.75 Å². The van der Waals surface area contributed by atoms with E-state index in [1.165, 1.54) is 22.5 Å². The third kappa shape index (κ3) is 4.23. The molecule has 0 spiro atoms. The Balaban J connectivity index is 0.00000256. The molecular formula is C22H27ClN4O2S. The summed E-state index contributed by atoms with van der Waals surface area (Å²) in [6.07, 6.45) is 2.97. The van der Waals surface area contributed by atoms with E-state index in [9.17, 15) is 4.79 Å². The van der Waals surface area contributed by atoms with Crippen molar-refractivity contribution in [3.8, 4) is 10.9 Å². The molecule has 8 heteroatoms. The fourth-order valence-corrected chi connectivity index (χ4v) is 4.84. The molecule has 1 aliphatic rings. The van der Waals surface area contributed by atoms with Gasteiger partial charge in [0, 0.05) is 30.8 Å². The minimum Gasteiger partial charge on any atom is -0.497 e. The molecule has 1 amide bonds. The molecule has 1 fully saturated rings. The van der Waals surface area contributed by atoms with Crippen molar-refractivity contribution in [2.45, 2.75) is 40.0 Å². The average molecular weight is 447 g/mol. The first-order valence-corrected chi connectivity index (χ1v) is 10.7. The number of aromatic nitrogens is 3. The summed E-state index contributed by atoms with van der Waals surface area (Å²) >= 11 is 1.44. The highest BCUT2D eigenvalue weighted by Gasteiger charge is 2.25. The predicted octanol–water partition coefficient (Wildman–Crippen LogP) is 4.51. The summed E-state index contributed by atoms with van der Waals surface area (Å²) in [6, 6.07) is 8.11. The molecule has 1 aliphatic heterocycles. The molecule has 160 valence electrons. The lowest BCUT2D eigenvalue weighted by Gasteiger charge is -2.13. The van der Waals surface area contributed by atoms with E-state index in [2.05, 4.69) is 24.0 Å². The molecule has 0 bridgehead atoms. The Labute approximate surface area is 187 Å². The van der Waals surface area contributed by atoms with E-state index in [-0.39, 0.29) is 18.3 Å². The number of rotatable bonds is 5. The van der Waals surface area contributed by atoms with Crippen molar-refractivity contribution in [1.29, 1.82) is 0 Å². The first kappa shape index (κ1) is 22.3. The zero-order valence-corrected chi connectivity index (χ0v) is 19.4. The number of halogens is 1. The maximum absolute atomic E-state index is 12.8. The number of aryl methyl sites for hydroxylation is 2. The number of carbonyl (C=O) groups is 1. The third-order valence-electron chi connectivity index (χ3n) is 5.54. The van der Waals surface area contributed by atoms with Gasteiger partial charge in [0.15, 0.2) is 0 Å². The van der Waals surface area contributed by atoms with E-state index >= 15 is 0 Å². The van der Waals surface area contributed by atoms with E-state index in [4.69, 9.17) is 9.84 Å². The molecule has 0 aliphatic carbocycles. The highest BCUT2D eigenvalue weighted by molar-refractivity contribution is 7.16. The number of hydrogen-bond acceptors (Lipinski definition) is 5. The van der Waals surface area contributed by atoms with Gasteiger partial charge in [-0.15, -0.1) is 12.4 Å². The van der Waals surface area contributed by atoms with Crippen LogP contribution < -0.4 is 4.74 Å². The van der Waals surface area contributed by atoms with Crippen LogP contribution in [0, 0.1) is 20.8 Å². The van der Waals surface area contributed by atoms with Gasteiger partial charge < -0.3 is 9.64 Å². The quantitative estimate of drug-likeness (QED) is 0.578. The Kier molecular flexibility index (Phi) is 6.83. The van der Waals surface area contributed by atoms with Gasteiger partial charge in [-0.05, 0) is 51.3 Å². The number of nitrogens with zero attached hydrogens (tertiary/aromatic N) is 4. The SMILES string of the molecule is COc1ccc(Cc2c(C)nn(-c3nc(C)c(C(=O)N4CCCC4)s3)c2C)cc1.Cl. The van der Waals surface area contributed by atoms with Crippen LogP contribution in [-0.4, -0.2) is 45.8 Å².